The van der Waals surface area contributed by atoms with Crippen molar-refractivity contribution in [3.63, 3.8) is 0 Å². The van der Waals surface area contributed by atoms with Crippen LogP contribution < -0.4 is 4.74 Å². The van der Waals surface area contributed by atoms with Crippen LogP contribution in [0.3, 0.4) is 0 Å². The second-order valence-electron chi connectivity index (χ2n) is 7.56. The lowest BCUT2D eigenvalue weighted by atomic mass is 9.95. The number of ether oxygens (including phenoxy) is 1. The van der Waals surface area contributed by atoms with E-state index in [9.17, 15) is 0 Å². The molecule has 29 heavy (non-hydrogen) atoms. The highest BCUT2D eigenvalue weighted by Crippen LogP contribution is 2.53. The Morgan fingerprint density at radius 2 is 1.72 bits per heavy atom. The van der Waals surface area contributed by atoms with Crippen molar-refractivity contribution in [2.45, 2.75) is 25.2 Å². The maximum atomic E-state index is 6.25. The Labute approximate surface area is 174 Å². The van der Waals surface area contributed by atoms with Crippen molar-refractivity contribution in [2.75, 3.05) is 0 Å². The van der Waals surface area contributed by atoms with E-state index in [2.05, 4.69) is 28.9 Å². The second-order valence-corrected chi connectivity index (χ2v) is 7.99. The van der Waals surface area contributed by atoms with E-state index in [4.69, 9.17) is 16.3 Å². The minimum atomic E-state index is -0.113. The van der Waals surface area contributed by atoms with E-state index in [1.54, 1.807) is 0 Å². The third-order valence-corrected chi connectivity index (χ3v) is 5.79. The van der Waals surface area contributed by atoms with Gasteiger partial charge in [-0.3, -0.25) is 4.40 Å². The van der Waals surface area contributed by atoms with Gasteiger partial charge in [-0.05, 0) is 61.2 Å². The van der Waals surface area contributed by atoms with Crippen LogP contribution in [0.1, 0.15) is 36.7 Å². The number of halogens is 1. The number of fused-ring (bicyclic) bond motifs is 1. The number of nitrogens with zero attached hydrogens (tertiary/aromatic N) is 3. The summed E-state index contributed by atoms with van der Waals surface area (Å²) in [6, 6.07) is 19.8. The van der Waals surface area contributed by atoms with Gasteiger partial charge in [0.15, 0.2) is 5.75 Å². The molecule has 1 saturated carbocycles. The minimum Gasteiger partial charge on any atom is -0.453 e. The van der Waals surface area contributed by atoms with Crippen LogP contribution in [-0.4, -0.2) is 14.6 Å². The highest BCUT2D eigenvalue weighted by atomic mass is 35.5. The molecule has 0 atom stereocenters. The van der Waals surface area contributed by atoms with Crippen LogP contribution in [0.2, 0.25) is 5.02 Å². The lowest BCUT2D eigenvalue weighted by Gasteiger charge is -2.15. The quantitative estimate of drug-likeness (QED) is 0.394. The lowest BCUT2D eigenvalue weighted by Crippen LogP contribution is -2.13. The van der Waals surface area contributed by atoms with E-state index in [0.717, 1.165) is 40.6 Å². The Kier molecular flexibility index (Phi) is 4.18. The predicted molar refractivity (Wildman–Crippen MR) is 116 cm³/mol. The van der Waals surface area contributed by atoms with Gasteiger partial charge in [0.25, 0.3) is 0 Å². The molecule has 0 amide bonds. The molecule has 2 aromatic carbocycles. The normalized spacial score (nSPS) is 14.7. The van der Waals surface area contributed by atoms with Crippen LogP contribution in [0.15, 0.2) is 73.4 Å². The first kappa shape index (κ1) is 18.0. The Bertz CT molecular complexity index is 1220. The van der Waals surface area contributed by atoms with E-state index >= 15 is 0 Å². The van der Waals surface area contributed by atoms with Gasteiger partial charge in [-0.2, -0.15) is 0 Å². The molecule has 0 radical (unpaired) electrons. The Morgan fingerprint density at radius 3 is 2.45 bits per heavy atom. The van der Waals surface area contributed by atoms with Gasteiger partial charge in [-0.25, -0.2) is 0 Å². The summed E-state index contributed by atoms with van der Waals surface area (Å²) in [5.74, 6) is 2.37. The van der Waals surface area contributed by atoms with Gasteiger partial charge in [0.2, 0.25) is 5.65 Å². The molecule has 4 aromatic rings. The van der Waals surface area contributed by atoms with Crippen molar-refractivity contribution >= 4 is 22.8 Å². The topological polar surface area (TPSA) is 39.4 Å². The largest absolute Gasteiger partial charge is 0.453 e. The van der Waals surface area contributed by atoms with Crippen LogP contribution in [0.5, 0.6) is 11.5 Å². The van der Waals surface area contributed by atoms with Crippen LogP contribution in [0.25, 0.3) is 11.2 Å². The smallest absolute Gasteiger partial charge is 0.203 e. The average molecular weight is 402 g/mol. The van der Waals surface area contributed by atoms with Crippen molar-refractivity contribution in [1.29, 1.82) is 0 Å². The molecule has 2 heterocycles. The van der Waals surface area contributed by atoms with E-state index in [1.807, 2.05) is 66.1 Å². The number of hydrogen-bond acceptors (Lipinski definition) is 3. The fourth-order valence-electron chi connectivity index (χ4n) is 3.86. The summed E-state index contributed by atoms with van der Waals surface area (Å²) in [5.41, 5.74) is 3.75. The fourth-order valence-corrected chi connectivity index (χ4v) is 3.99. The predicted octanol–water partition coefficient (Wildman–Crippen LogP) is 6.29. The molecule has 5 heteroatoms. The number of aromatic nitrogens is 3. The van der Waals surface area contributed by atoms with E-state index in [1.165, 1.54) is 5.56 Å². The molecule has 0 saturated heterocycles. The summed E-state index contributed by atoms with van der Waals surface area (Å²) in [6.07, 6.45) is 4.08. The van der Waals surface area contributed by atoms with E-state index < -0.39 is 0 Å². The van der Waals surface area contributed by atoms with Crippen LogP contribution in [0.4, 0.5) is 0 Å². The molecule has 4 nitrogen and oxygen atoms in total. The third kappa shape index (κ3) is 3.00. The number of allylic oxidation sites excluding steroid dienone is 1. The van der Waals surface area contributed by atoms with Crippen LogP contribution in [-0.2, 0) is 5.41 Å². The number of pyridine rings is 1. The number of hydrogen-bond donors (Lipinski definition) is 0. The first-order valence-corrected chi connectivity index (χ1v) is 9.99. The Morgan fingerprint density at radius 1 is 1.00 bits per heavy atom. The zero-order valence-corrected chi connectivity index (χ0v) is 16.9. The molecule has 0 aliphatic heterocycles. The molecule has 0 N–H and O–H groups in total. The van der Waals surface area contributed by atoms with E-state index in [0.29, 0.717) is 11.4 Å². The molecule has 1 aliphatic rings. The average Bonchev–Trinajstić information content (AvgIpc) is 3.41. The summed E-state index contributed by atoms with van der Waals surface area (Å²) < 4.78 is 8.29. The van der Waals surface area contributed by atoms with Crippen LogP contribution >= 0.6 is 11.6 Å². The van der Waals surface area contributed by atoms with Gasteiger partial charge >= 0.3 is 0 Å². The standard InChI is InChI=1S/C24H20ClN3O/c1-16(2)19-6-3-4-7-20(19)29-21-8-5-15-28-22(21)26-27-23(28)24(13-14-24)17-9-11-18(25)12-10-17/h3-12,15H,1,13-14H2,2H3. The van der Waals surface area contributed by atoms with Crippen molar-refractivity contribution in [3.05, 3.63) is 95.4 Å². The van der Waals surface area contributed by atoms with Gasteiger partial charge in [-0.1, -0.05) is 48.5 Å². The molecule has 2 aromatic heterocycles. The zero-order chi connectivity index (χ0) is 20.0. The number of benzene rings is 2. The summed E-state index contributed by atoms with van der Waals surface area (Å²) >= 11 is 6.08. The highest BCUT2D eigenvalue weighted by Gasteiger charge is 2.49. The first-order chi connectivity index (χ1) is 14.1. The zero-order valence-electron chi connectivity index (χ0n) is 16.1. The molecular formula is C24H20ClN3O. The molecular weight excluding hydrogens is 382 g/mol. The summed E-state index contributed by atoms with van der Waals surface area (Å²) in [5, 5.41) is 9.79. The van der Waals surface area contributed by atoms with Crippen molar-refractivity contribution in [1.82, 2.24) is 14.6 Å². The third-order valence-electron chi connectivity index (χ3n) is 5.54. The molecule has 144 valence electrons. The molecule has 1 fully saturated rings. The number of rotatable bonds is 5. The van der Waals surface area contributed by atoms with Gasteiger partial charge in [0, 0.05) is 16.8 Å². The lowest BCUT2D eigenvalue weighted by molar-refractivity contribution is 0.483. The summed E-state index contributed by atoms with van der Waals surface area (Å²) in [6.45, 7) is 6.02. The number of para-hydroxylation sites is 1. The van der Waals surface area contributed by atoms with Gasteiger partial charge < -0.3 is 4.74 Å². The summed E-state index contributed by atoms with van der Waals surface area (Å²) in [4.78, 5) is 0. The van der Waals surface area contributed by atoms with Crippen molar-refractivity contribution in [2.24, 2.45) is 0 Å². The second kappa shape index (κ2) is 6.75. The van der Waals surface area contributed by atoms with Crippen molar-refractivity contribution < 1.29 is 4.74 Å². The minimum absolute atomic E-state index is 0.113. The van der Waals surface area contributed by atoms with Crippen LogP contribution in [0, 0.1) is 0 Å². The van der Waals surface area contributed by atoms with E-state index in [-0.39, 0.29) is 5.41 Å². The highest BCUT2D eigenvalue weighted by molar-refractivity contribution is 6.30. The maximum Gasteiger partial charge on any atom is 0.203 e. The molecule has 5 rings (SSSR count). The SMILES string of the molecule is C=C(C)c1ccccc1Oc1cccn2c(C3(c4ccc(Cl)cc4)CC3)nnc12. The van der Waals surface area contributed by atoms with Gasteiger partial charge in [-0.15, -0.1) is 10.2 Å². The fraction of sp³-hybridized carbons (Fsp3) is 0.167. The first-order valence-electron chi connectivity index (χ1n) is 9.61. The summed E-state index contributed by atoms with van der Waals surface area (Å²) in [7, 11) is 0. The van der Waals surface area contributed by atoms with Crippen molar-refractivity contribution in [3.8, 4) is 11.5 Å². The van der Waals surface area contributed by atoms with Gasteiger partial charge in [0.05, 0.1) is 5.41 Å². The van der Waals surface area contributed by atoms with Gasteiger partial charge in [0.1, 0.15) is 11.6 Å². The Balaban J connectivity index is 1.57. The molecule has 0 spiro atoms. The molecule has 1 aliphatic carbocycles. The maximum absolute atomic E-state index is 6.25. The molecule has 0 unspecified atom stereocenters. The monoisotopic (exact) mass is 401 g/mol. The Hall–Kier alpha value is -3.11. The molecule has 0 bridgehead atoms.